The van der Waals surface area contributed by atoms with Crippen LogP contribution in [0.15, 0.2) is 0 Å². The van der Waals surface area contributed by atoms with Crippen molar-refractivity contribution in [2.75, 3.05) is 39.9 Å². The molecule has 1 unspecified atom stereocenters. The second kappa shape index (κ2) is 8.90. The molecule has 17 heavy (non-hydrogen) atoms. The first kappa shape index (κ1) is 16.9. The van der Waals surface area contributed by atoms with Gasteiger partial charge in [-0.1, -0.05) is 27.7 Å². The molecule has 0 aromatic rings. The summed E-state index contributed by atoms with van der Waals surface area (Å²) in [6.07, 6.45) is 1.23. The zero-order valence-electron chi connectivity index (χ0n) is 12.7. The van der Waals surface area contributed by atoms with Crippen molar-refractivity contribution in [2.24, 2.45) is 5.41 Å². The Balaban J connectivity index is 3.63. The Morgan fingerprint density at radius 2 is 1.88 bits per heavy atom. The molecule has 0 aliphatic carbocycles. The highest BCUT2D eigenvalue weighted by Gasteiger charge is 2.11. The average Bonchev–Trinajstić information content (AvgIpc) is 2.22. The van der Waals surface area contributed by atoms with Crippen LogP contribution < -0.4 is 5.32 Å². The monoisotopic (exact) mass is 244 g/mol. The maximum absolute atomic E-state index is 5.20. The number of nitrogens with zero attached hydrogens (tertiary/aromatic N) is 1. The van der Waals surface area contributed by atoms with E-state index in [4.69, 9.17) is 4.74 Å². The first-order valence-corrected chi connectivity index (χ1v) is 6.84. The average molecular weight is 244 g/mol. The maximum Gasteiger partial charge on any atom is 0.0615 e. The van der Waals surface area contributed by atoms with Gasteiger partial charge in [-0.15, -0.1) is 0 Å². The summed E-state index contributed by atoms with van der Waals surface area (Å²) in [5, 5.41) is 3.52. The lowest BCUT2D eigenvalue weighted by Crippen LogP contribution is -2.40. The Labute approximate surface area is 108 Å². The van der Waals surface area contributed by atoms with Crippen molar-refractivity contribution < 1.29 is 4.74 Å². The zero-order chi connectivity index (χ0) is 13.3. The predicted molar refractivity (Wildman–Crippen MR) is 75.5 cm³/mol. The van der Waals surface area contributed by atoms with E-state index in [1.807, 2.05) is 0 Å². The van der Waals surface area contributed by atoms with E-state index in [1.165, 1.54) is 6.42 Å². The summed E-state index contributed by atoms with van der Waals surface area (Å²) in [7, 11) is 1.77. The highest BCUT2D eigenvalue weighted by atomic mass is 16.5. The fourth-order valence-electron chi connectivity index (χ4n) is 1.85. The van der Waals surface area contributed by atoms with E-state index < -0.39 is 0 Å². The predicted octanol–water partition coefficient (Wildman–Crippen LogP) is 2.37. The van der Waals surface area contributed by atoms with Gasteiger partial charge in [-0.2, -0.15) is 0 Å². The molecule has 0 fully saturated rings. The second-order valence-corrected chi connectivity index (χ2v) is 5.99. The van der Waals surface area contributed by atoms with Crippen LogP contribution in [-0.2, 0) is 4.74 Å². The number of hydrogen-bond donors (Lipinski definition) is 1. The minimum absolute atomic E-state index is 0.431. The van der Waals surface area contributed by atoms with Gasteiger partial charge in [0.15, 0.2) is 0 Å². The Morgan fingerprint density at radius 3 is 2.35 bits per heavy atom. The summed E-state index contributed by atoms with van der Waals surface area (Å²) >= 11 is 0. The Morgan fingerprint density at radius 1 is 1.24 bits per heavy atom. The number of rotatable bonds is 9. The largest absolute Gasteiger partial charge is 0.383 e. The topological polar surface area (TPSA) is 24.5 Å². The second-order valence-electron chi connectivity index (χ2n) is 5.99. The van der Waals surface area contributed by atoms with Gasteiger partial charge in [0.1, 0.15) is 0 Å². The van der Waals surface area contributed by atoms with Crippen LogP contribution >= 0.6 is 0 Å². The van der Waals surface area contributed by atoms with E-state index in [1.54, 1.807) is 7.11 Å². The fraction of sp³-hybridized carbons (Fsp3) is 1.00. The van der Waals surface area contributed by atoms with Gasteiger partial charge in [-0.3, -0.25) is 4.90 Å². The summed E-state index contributed by atoms with van der Waals surface area (Å²) < 4.78 is 5.20. The summed E-state index contributed by atoms with van der Waals surface area (Å²) in [5.74, 6) is 0. The fourth-order valence-corrected chi connectivity index (χ4v) is 1.85. The molecule has 0 spiro atoms. The van der Waals surface area contributed by atoms with Gasteiger partial charge < -0.3 is 10.1 Å². The molecule has 0 aliphatic rings. The van der Waals surface area contributed by atoms with E-state index in [9.17, 15) is 0 Å². The van der Waals surface area contributed by atoms with Gasteiger partial charge >= 0.3 is 0 Å². The molecule has 0 heterocycles. The quantitative estimate of drug-likeness (QED) is 0.630. The first-order chi connectivity index (χ1) is 7.90. The molecule has 0 bridgehead atoms. The zero-order valence-corrected chi connectivity index (χ0v) is 12.7. The lowest BCUT2D eigenvalue weighted by atomic mass is 9.92. The normalized spacial score (nSPS) is 14.3. The van der Waals surface area contributed by atoms with Crippen molar-refractivity contribution in [2.45, 2.75) is 47.1 Å². The van der Waals surface area contributed by atoms with Gasteiger partial charge in [0.2, 0.25) is 0 Å². The summed E-state index contributed by atoms with van der Waals surface area (Å²) in [4.78, 5) is 2.45. The first-order valence-electron chi connectivity index (χ1n) is 6.84. The van der Waals surface area contributed by atoms with Crippen LogP contribution in [0.3, 0.4) is 0 Å². The van der Waals surface area contributed by atoms with Crippen molar-refractivity contribution in [1.82, 2.24) is 10.2 Å². The van der Waals surface area contributed by atoms with Crippen LogP contribution in [-0.4, -0.2) is 50.8 Å². The van der Waals surface area contributed by atoms with E-state index in [-0.39, 0.29) is 0 Å². The molecule has 0 amide bonds. The molecule has 0 aromatic heterocycles. The molecule has 0 saturated heterocycles. The number of likely N-dealkylation sites (N-methyl/N-ethyl adjacent to an activating group) is 1. The van der Waals surface area contributed by atoms with Crippen molar-refractivity contribution in [1.29, 1.82) is 0 Å². The van der Waals surface area contributed by atoms with Crippen molar-refractivity contribution in [3.8, 4) is 0 Å². The van der Waals surface area contributed by atoms with Crippen LogP contribution in [0.5, 0.6) is 0 Å². The standard InChI is InChI=1S/C14H32N2O/c1-7-16(13(2)12-17-6)11-10-15-9-8-14(3,4)5/h13,15H,7-12H2,1-6H3. The molecule has 0 rings (SSSR count). The van der Waals surface area contributed by atoms with Gasteiger partial charge in [0, 0.05) is 26.2 Å². The lowest BCUT2D eigenvalue weighted by molar-refractivity contribution is 0.103. The SMILES string of the molecule is CCN(CCNCCC(C)(C)C)C(C)COC. The highest BCUT2D eigenvalue weighted by molar-refractivity contribution is 4.68. The molecule has 0 saturated carbocycles. The maximum atomic E-state index is 5.20. The van der Waals surface area contributed by atoms with E-state index in [0.29, 0.717) is 11.5 Å². The van der Waals surface area contributed by atoms with Crippen LogP contribution in [0.4, 0.5) is 0 Å². The summed E-state index contributed by atoms with van der Waals surface area (Å²) in [6, 6.07) is 0.509. The lowest BCUT2D eigenvalue weighted by Gasteiger charge is -2.27. The summed E-state index contributed by atoms with van der Waals surface area (Å²) in [5.41, 5.74) is 0.431. The molecule has 3 nitrogen and oxygen atoms in total. The highest BCUT2D eigenvalue weighted by Crippen LogP contribution is 2.16. The van der Waals surface area contributed by atoms with Gasteiger partial charge in [0.05, 0.1) is 6.61 Å². The van der Waals surface area contributed by atoms with Crippen LogP contribution in [0.1, 0.15) is 41.0 Å². The van der Waals surface area contributed by atoms with Crippen molar-refractivity contribution in [3.05, 3.63) is 0 Å². The van der Waals surface area contributed by atoms with Gasteiger partial charge in [-0.05, 0) is 31.8 Å². The molecule has 0 radical (unpaired) electrons. The molecule has 3 heteroatoms. The molecular formula is C14H32N2O. The Bertz CT molecular complexity index is 178. The van der Waals surface area contributed by atoms with Gasteiger partial charge in [-0.25, -0.2) is 0 Å². The van der Waals surface area contributed by atoms with Crippen LogP contribution in [0.25, 0.3) is 0 Å². The van der Waals surface area contributed by atoms with Crippen LogP contribution in [0, 0.1) is 5.41 Å². The third-order valence-electron chi connectivity index (χ3n) is 3.06. The van der Waals surface area contributed by atoms with Crippen molar-refractivity contribution >= 4 is 0 Å². The van der Waals surface area contributed by atoms with Crippen LogP contribution in [0.2, 0.25) is 0 Å². The third kappa shape index (κ3) is 9.57. The summed E-state index contributed by atoms with van der Waals surface area (Å²) in [6.45, 7) is 16.5. The third-order valence-corrected chi connectivity index (χ3v) is 3.06. The molecule has 1 N–H and O–H groups in total. The number of hydrogen-bond acceptors (Lipinski definition) is 3. The van der Waals surface area contributed by atoms with Crippen molar-refractivity contribution in [3.63, 3.8) is 0 Å². The van der Waals surface area contributed by atoms with E-state index >= 15 is 0 Å². The molecule has 104 valence electrons. The minimum atomic E-state index is 0.431. The molecule has 1 atom stereocenters. The number of ether oxygens (including phenoxy) is 1. The molecule has 0 aliphatic heterocycles. The Kier molecular flexibility index (Phi) is 8.83. The smallest absolute Gasteiger partial charge is 0.0615 e. The minimum Gasteiger partial charge on any atom is -0.383 e. The van der Waals surface area contributed by atoms with E-state index in [2.05, 4.69) is 44.8 Å². The molecule has 0 aromatic carbocycles. The van der Waals surface area contributed by atoms with Gasteiger partial charge in [0.25, 0.3) is 0 Å². The number of methoxy groups -OCH3 is 1. The Hall–Kier alpha value is -0.120. The number of nitrogens with one attached hydrogen (secondary N) is 1. The molecular weight excluding hydrogens is 212 g/mol. The van der Waals surface area contributed by atoms with E-state index in [0.717, 1.165) is 32.8 Å².